The standard InChI is InChI=1S/C20H30O5/c1-15(2)9-7-11-17(5)13-19(21)23-25-24-20(22)14-18(6)12-8-10-16(3)4/h9-10,13-14H,7-8,11-12H2,1-6H3/b17-13+,18-14+. The molecule has 0 bridgehead atoms. The Bertz CT molecular complexity index is 507. The predicted molar refractivity (Wildman–Crippen MR) is 98.1 cm³/mol. The van der Waals surface area contributed by atoms with Crippen LogP contribution in [0, 0.1) is 0 Å². The van der Waals surface area contributed by atoms with Gasteiger partial charge in [-0.1, -0.05) is 34.4 Å². The molecule has 0 N–H and O–H groups in total. The first kappa shape index (κ1) is 22.9. The van der Waals surface area contributed by atoms with Gasteiger partial charge in [0.1, 0.15) is 0 Å². The fraction of sp³-hybridized carbons (Fsp3) is 0.500. The molecule has 0 radical (unpaired) electrons. The van der Waals surface area contributed by atoms with Gasteiger partial charge < -0.3 is 0 Å². The molecule has 5 heteroatoms. The summed E-state index contributed by atoms with van der Waals surface area (Å²) in [4.78, 5) is 31.8. The molecular weight excluding hydrogens is 320 g/mol. The Morgan fingerprint density at radius 2 is 1.04 bits per heavy atom. The molecule has 0 spiro atoms. The molecule has 0 aliphatic carbocycles. The summed E-state index contributed by atoms with van der Waals surface area (Å²) < 4.78 is 0. The van der Waals surface area contributed by atoms with Crippen molar-refractivity contribution in [3.8, 4) is 0 Å². The number of allylic oxidation sites excluding steroid dienone is 6. The van der Waals surface area contributed by atoms with Crippen molar-refractivity contribution in [1.29, 1.82) is 0 Å². The van der Waals surface area contributed by atoms with Crippen LogP contribution >= 0.6 is 0 Å². The maximum Gasteiger partial charge on any atom is 0.370 e. The summed E-state index contributed by atoms with van der Waals surface area (Å²) in [6.07, 6.45) is 10.00. The lowest BCUT2D eigenvalue weighted by molar-refractivity contribution is -0.455. The summed E-state index contributed by atoms with van der Waals surface area (Å²) >= 11 is 0. The van der Waals surface area contributed by atoms with Gasteiger partial charge in [-0.25, -0.2) is 9.59 Å². The molecule has 0 amide bonds. The molecule has 0 aliphatic rings. The molecule has 0 aromatic carbocycles. The summed E-state index contributed by atoms with van der Waals surface area (Å²) in [5, 5.41) is 4.23. The van der Waals surface area contributed by atoms with E-state index in [0.717, 1.165) is 36.8 Å². The van der Waals surface area contributed by atoms with E-state index in [-0.39, 0.29) is 0 Å². The third-order valence-corrected chi connectivity index (χ3v) is 3.14. The fourth-order valence-corrected chi connectivity index (χ4v) is 1.86. The minimum atomic E-state index is -0.716. The topological polar surface area (TPSA) is 61.8 Å². The highest BCUT2D eigenvalue weighted by molar-refractivity contribution is 5.83. The zero-order valence-electron chi connectivity index (χ0n) is 16.2. The molecule has 0 aromatic rings. The highest BCUT2D eigenvalue weighted by atomic mass is 17.5. The van der Waals surface area contributed by atoms with Crippen LogP contribution in [0.5, 0.6) is 0 Å². The first-order valence-electron chi connectivity index (χ1n) is 8.41. The Morgan fingerprint density at radius 3 is 1.36 bits per heavy atom. The molecule has 0 heterocycles. The summed E-state index contributed by atoms with van der Waals surface area (Å²) in [6, 6.07) is 0. The van der Waals surface area contributed by atoms with E-state index in [4.69, 9.17) is 0 Å². The molecular formula is C20H30O5. The smallest absolute Gasteiger partial charge is 0.255 e. The molecule has 0 saturated heterocycles. The third kappa shape index (κ3) is 15.1. The average Bonchev–Trinajstić information content (AvgIpc) is 2.45. The molecule has 0 atom stereocenters. The van der Waals surface area contributed by atoms with Gasteiger partial charge in [0.2, 0.25) is 0 Å². The van der Waals surface area contributed by atoms with E-state index in [1.807, 2.05) is 41.5 Å². The van der Waals surface area contributed by atoms with E-state index in [1.54, 1.807) is 0 Å². The monoisotopic (exact) mass is 350 g/mol. The summed E-state index contributed by atoms with van der Waals surface area (Å²) in [7, 11) is 0. The molecule has 0 aliphatic heterocycles. The minimum Gasteiger partial charge on any atom is -0.255 e. The Hall–Kier alpha value is -2.14. The van der Waals surface area contributed by atoms with Gasteiger partial charge in [-0.3, -0.25) is 9.78 Å². The Labute approximate surface area is 150 Å². The van der Waals surface area contributed by atoms with Gasteiger partial charge in [-0.2, -0.15) is 0 Å². The molecule has 5 nitrogen and oxygen atoms in total. The van der Waals surface area contributed by atoms with Gasteiger partial charge in [0.05, 0.1) is 0 Å². The second kappa shape index (κ2) is 13.2. The van der Waals surface area contributed by atoms with Crippen molar-refractivity contribution in [2.24, 2.45) is 0 Å². The molecule has 140 valence electrons. The zero-order chi connectivity index (χ0) is 19.2. The molecule has 0 fully saturated rings. The van der Waals surface area contributed by atoms with Gasteiger partial charge in [0.25, 0.3) is 0 Å². The summed E-state index contributed by atoms with van der Waals surface area (Å²) in [6.45, 7) is 11.7. The first-order chi connectivity index (χ1) is 11.7. The van der Waals surface area contributed by atoms with Crippen LogP contribution in [0.4, 0.5) is 0 Å². The number of carbonyl (C=O) groups excluding carboxylic acids is 2. The molecule has 0 saturated carbocycles. The van der Waals surface area contributed by atoms with Gasteiger partial charge in [-0.15, -0.1) is 0 Å². The van der Waals surface area contributed by atoms with Crippen molar-refractivity contribution in [1.82, 2.24) is 0 Å². The quantitative estimate of drug-likeness (QED) is 0.231. The highest BCUT2D eigenvalue weighted by Gasteiger charge is 2.06. The number of hydrogen-bond donors (Lipinski definition) is 0. The maximum absolute atomic E-state index is 11.5. The fourth-order valence-electron chi connectivity index (χ4n) is 1.86. The van der Waals surface area contributed by atoms with Crippen molar-refractivity contribution >= 4 is 11.9 Å². The summed E-state index contributed by atoms with van der Waals surface area (Å²) in [5.41, 5.74) is 4.17. The first-order valence-corrected chi connectivity index (χ1v) is 8.41. The van der Waals surface area contributed by atoms with Crippen LogP contribution in [-0.4, -0.2) is 11.9 Å². The van der Waals surface area contributed by atoms with E-state index in [0.29, 0.717) is 0 Å². The number of hydrogen-bond acceptors (Lipinski definition) is 5. The largest absolute Gasteiger partial charge is 0.370 e. The molecule has 25 heavy (non-hydrogen) atoms. The van der Waals surface area contributed by atoms with Crippen molar-refractivity contribution in [3.05, 3.63) is 46.6 Å². The van der Waals surface area contributed by atoms with Crippen molar-refractivity contribution in [3.63, 3.8) is 0 Å². The van der Waals surface area contributed by atoms with Gasteiger partial charge in [0.15, 0.2) is 0 Å². The zero-order valence-corrected chi connectivity index (χ0v) is 16.2. The molecule has 0 unspecified atom stereocenters. The van der Waals surface area contributed by atoms with Crippen LogP contribution in [-0.2, 0) is 24.4 Å². The van der Waals surface area contributed by atoms with Crippen LogP contribution in [0.15, 0.2) is 46.6 Å². The van der Waals surface area contributed by atoms with Crippen LogP contribution in [0.25, 0.3) is 0 Å². The Morgan fingerprint density at radius 1 is 0.680 bits per heavy atom. The second-order valence-corrected chi connectivity index (χ2v) is 6.49. The number of rotatable bonds is 10. The van der Waals surface area contributed by atoms with Gasteiger partial charge >= 0.3 is 11.9 Å². The summed E-state index contributed by atoms with van der Waals surface area (Å²) in [5.74, 6) is -1.43. The Balaban J connectivity index is 4.12. The molecule has 0 aromatic heterocycles. The van der Waals surface area contributed by atoms with Crippen LogP contribution < -0.4 is 0 Å². The maximum atomic E-state index is 11.5. The van der Waals surface area contributed by atoms with Crippen molar-refractivity contribution in [2.75, 3.05) is 0 Å². The lowest BCUT2D eigenvalue weighted by atomic mass is 10.1. The predicted octanol–water partition coefficient (Wildman–Crippen LogP) is 5.30. The van der Waals surface area contributed by atoms with Gasteiger partial charge in [0, 0.05) is 17.2 Å². The van der Waals surface area contributed by atoms with E-state index in [9.17, 15) is 9.59 Å². The van der Waals surface area contributed by atoms with E-state index in [2.05, 4.69) is 27.0 Å². The third-order valence-electron chi connectivity index (χ3n) is 3.14. The van der Waals surface area contributed by atoms with Crippen molar-refractivity contribution in [2.45, 2.75) is 67.2 Å². The highest BCUT2D eigenvalue weighted by Crippen LogP contribution is 2.08. The Kier molecular flexibility index (Phi) is 12.1. The average molecular weight is 350 g/mol. The van der Waals surface area contributed by atoms with E-state index < -0.39 is 11.9 Å². The number of carbonyl (C=O) groups is 2. The van der Waals surface area contributed by atoms with Gasteiger partial charge in [-0.05, 0) is 67.2 Å². The van der Waals surface area contributed by atoms with Crippen LogP contribution in [0.2, 0.25) is 0 Å². The lowest BCUT2D eigenvalue weighted by Crippen LogP contribution is -2.08. The normalized spacial score (nSPS) is 11.6. The SMILES string of the molecule is CC(C)=CCC/C(C)=C/C(=O)OOOC(=O)/C=C(\C)CCC=C(C)C. The minimum absolute atomic E-state index is 0.716. The van der Waals surface area contributed by atoms with Crippen molar-refractivity contribution < 1.29 is 24.4 Å². The second-order valence-electron chi connectivity index (χ2n) is 6.49. The van der Waals surface area contributed by atoms with Crippen LogP contribution in [0.1, 0.15) is 67.2 Å². The van der Waals surface area contributed by atoms with E-state index >= 15 is 0 Å². The molecule has 0 rings (SSSR count). The van der Waals surface area contributed by atoms with Crippen LogP contribution in [0.3, 0.4) is 0 Å². The lowest BCUT2D eigenvalue weighted by Gasteiger charge is -2.01. The van der Waals surface area contributed by atoms with E-state index in [1.165, 1.54) is 23.3 Å².